The van der Waals surface area contributed by atoms with Gasteiger partial charge in [-0.05, 0) is 26.1 Å². The molecule has 0 atom stereocenters. The second-order valence-electron chi connectivity index (χ2n) is 3.34. The minimum atomic E-state index is -0.946. The fourth-order valence-electron chi connectivity index (χ4n) is 1.30. The van der Waals surface area contributed by atoms with E-state index in [-0.39, 0.29) is 5.56 Å². The standard InChI is InChI=1S/C10H15NO3/c1-3-4-11(2)6-9-5-8(7-14-9)10(12)13/h5,7H,3-4,6H2,1-2H3,(H,12,13). The highest BCUT2D eigenvalue weighted by atomic mass is 16.4. The van der Waals surface area contributed by atoms with Gasteiger partial charge in [0.25, 0.3) is 0 Å². The van der Waals surface area contributed by atoms with E-state index in [9.17, 15) is 4.79 Å². The monoisotopic (exact) mass is 197 g/mol. The summed E-state index contributed by atoms with van der Waals surface area (Å²) in [6.07, 6.45) is 2.35. The maximum atomic E-state index is 10.6. The van der Waals surface area contributed by atoms with E-state index in [0.717, 1.165) is 13.0 Å². The number of furan rings is 1. The average molecular weight is 197 g/mol. The normalized spacial score (nSPS) is 10.8. The van der Waals surface area contributed by atoms with Crippen LogP contribution in [0.3, 0.4) is 0 Å². The van der Waals surface area contributed by atoms with Gasteiger partial charge in [-0.1, -0.05) is 6.92 Å². The van der Waals surface area contributed by atoms with E-state index in [1.165, 1.54) is 6.26 Å². The van der Waals surface area contributed by atoms with Gasteiger partial charge in [-0.3, -0.25) is 4.90 Å². The summed E-state index contributed by atoms with van der Waals surface area (Å²) >= 11 is 0. The topological polar surface area (TPSA) is 53.7 Å². The van der Waals surface area contributed by atoms with E-state index in [2.05, 4.69) is 11.8 Å². The first-order valence-electron chi connectivity index (χ1n) is 4.62. The smallest absolute Gasteiger partial charge is 0.338 e. The van der Waals surface area contributed by atoms with Gasteiger partial charge in [0.1, 0.15) is 12.0 Å². The van der Waals surface area contributed by atoms with Crippen molar-refractivity contribution in [2.24, 2.45) is 0 Å². The maximum absolute atomic E-state index is 10.6. The highest BCUT2D eigenvalue weighted by Crippen LogP contribution is 2.09. The molecule has 0 saturated carbocycles. The molecule has 4 heteroatoms. The highest BCUT2D eigenvalue weighted by molar-refractivity contribution is 5.87. The molecular weight excluding hydrogens is 182 g/mol. The van der Waals surface area contributed by atoms with E-state index in [1.807, 2.05) is 7.05 Å². The first kappa shape index (κ1) is 10.8. The molecule has 0 aromatic carbocycles. The van der Waals surface area contributed by atoms with Crippen molar-refractivity contribution in [3.63, 3.8) is 0 Å². The van der Waals surface area contributed by atoms with Crippen molar-refractivity contribution >= 4 is 5.97 Å². The molecule has 1 N–H and O–H groups in total. The van der Waals surface area contributed by atoms with Gasteiger partial charge >= 0.3 is 5.97 Å². The van der Waals surface area contributed by atoms with Crippen LogP contribution in [-0.4, -0.2) is 29.6 Å². The molecule has 78 valence electrons. The number of aromatic carboxylic acids is 1. The number of rotatable bonds is 5. The molecule has 1 aromatic heterocycles. The van der Waals surface area contributed by atoms with Gasteiger partial charge in [-0.25, -0.2) is 4.79 Å². The lowest BCUT2D eigenvalue weighted by atomic mass is 10.3. The molecule has 0 unspecified atom stereocenters. The van der Waals surface area contributed by atoms with Crippen molar-refractivity contribution < 1.29 is 14.3 Å². The van der Waals surface area contributed by atoms with Crippen molar-refractivity contribution in [1.29, 1.82) is 0 Å². The third-order valence-electron chi connectivity index (χ3n) is 1.93. The number of hydrogen-bond donors (Lipinski definition) is 1. The van der Waals surface area contributed by atoms with Gasteiger partial charge in [-0.2, -0.15) is 0 Å². The van der Waals surface area contributed by atoms with Crippen LogP contribution < -0.4 is 0 Å². The predicted octanol–water partition coefficient (Wildman–Crippen LogP) is 1.82. The quantitative estimate of drug-likeness (QED) is 0.782. The lowest BCUT2D eigenvalue weighted by Gasteiger charge is -2.12. The average Bonchev–Trinajstić information content (AvgIpc) is 2.53. The first-order valence-corrected chi connectivity index (χ1v) is 4.62. The first-order chi connectivity index (χ1) is 6.63. The van der Waals surface area contributed by atoms with Crippen LogP contribution in [0.25, 0.3) is 0 Å². The molecule has 14 heavy (non-hydrogen) atoms. The van der Waals surface area contributed by atoms with Crippen molar-refractivity contribution in [2.45, 2.75) is 19.9 Å². The van der Waals surface area contributed by atoms with Crippen LogP contribution in [0.2, 0.25) is 0 Å². The molecule has 0 radical (unpaired) electrons. The summed E-state index contributed by atoms with van der Waals surface area (Å²) < 4.78 is 5.12. The molecule has 4 nitrogen and oxygen atoms in total. The summed E-state index contributed by atoms with van der Waals surface area (Å²) in [5.41, 5.74) is 0.213. The lowest BCUT2D eigenvalue weighted by Crippen LogP contribution is -2.17. The summed E-state index contributed by atoms with van der Waals surface area (Å²) in [5, 5.41) is 8.66. The Bertz CT molecular complexity index is 306. The van der Waals surface area contributed by atoms with Crippen LogP contribution in [0.15, 0.2) is 16.7 Å². The van der Waals surface area contributed by atoms with Crippen molar-refractivity contribution in [2.75, 3.05) is 13.6 Å². The molecule has 0 fully saturated rings. The van der Waals surface area contributed by atoms with Gasteiger partial charge in [0.05, 0.1) is 12.1 Å². The lowest BCUT2D eigenvalue weighted by molar-refractivity contribution is 0.0696. The van der Waals surface area contributed by atoms with Crippen LogP contribution in [0.1, 0.15) is 29.5 Å². The zero-order chi connectivity index (χ0) is 10.6. The Hall–Kier alpha value is -1.29. The SMILES string of the molecule is CCCN(C)Cc1cc(C(=O)O)co1. The summed E-state index contributed by atoms with van der Waals surface area (Å²) in [7, 11) is 1.98. The Kier molecular flexibility index (Phi) is 3.71. The van der Waals surface area contributed by atoms with E-state index in [1.54, 1.807) is 6.07 Å². The summed E-state index contributed by atoms with van der Waals surface area (Å²) in [4.78, 5) is 12.6. The number of carbonyl (C=O) groups is 1. The van der Waals surface area contributed by atoms with E-state index < -0.39 is 5.97 Å². The maximum Gasteiger partial charge on any atom is 0.338 e. The van der Waals surface area contributed by atoms with Gasteiger partial charge in [-0.15, -0.1) is 0 Å². The minimum Gasteiger partial charge on any atom is -0.478 e. The Morgan fingerprint density at radius 2 is 2.36 bits per heavy atom. The molecule has 1 aromatic rings. The third kappa shape index (κ3) is 2.88. The molecule has 1 heterocycles. The molecule has 0 aliphatic carbocycles. The second kappa shape index (κ2) is 4.81. The van der Waals surface area contributed by atoms with E-state index >= 15 is 0 Å². The van der Waals surface area contributed by atoms with Crippen molar-refractivity contribution in [1.82, 2.24) is 4.90 Å². The fourth-order valence-corrected chi connectivity index (χ4v) is 1.30. The van der Waals surface area contributed by atoms with Crippen LogP contribution >= 0.6 is 0 Å². The summed E-state index contributed by atoms with van der Waals surface area (Å²) in [6, 6.07) is 1.56. The van der Waals surface area contributed by atoms with Crippen molar-refractivity contribution in [3.05, 3.63) is 23.7 Å². The Morgan fingerprint density at radius 3 is 2.86 bits per heavy atom. The zero-order valence-electron chi connectivity index (χ0n) is 8.49. The van der Waals surface area contributed by atoms with E-state index in [4.69, 9.17) is 9.52 Å². The number of carboxylic acids is 1. The third-order valence-corrected chi connectivity index (χ3v) is 1.93. The fraction of sp³-hybridized carbons (Fsp3) is 0.500. The molecule has 0 bridgehead atoms. The van der Waals surface area contributed by atoms with Crippen LogP contribution in [0, 0.1) is 0 Å². The van der Waals surface area contributed by atoms with E-state index in [0.29, 0.717) is 12.3 Å². The van der Waals surface area contributed by atoms with Crippen molar-refractivity contribution in [3.8, 4) is 0 Å². The Morgan fingerprint density at radius 1 is 1.64 bits per heavy atom. The molecular formula is C10H15NO3. The molecule has 0 aliphatic rings. The van der Waals surface area contributed by atoms with Gasteiger partial charge in [0.15, 0.2) is 0 Å². The zero-order valence-corrected chi connectivity index (χ0v) is 8.49. The second-order valence-corrected chi connectivity index (χ2v) is 3.34. The Balaban J connectivity index is 2.55. The number of carboxylic acid groups (broad SMARTS) is 1. The largest absolute Gasteiger partial charge is 0.478 e. The highest BCUT2D eigenvalue weighted by Gasteiger charge is 2.09. The Labute approximate surface area is 83.1 Å². The summed E-state index contributed by atoms with van der Waals surface area (Å²) in [5.74, 6) is -0.253. The molecule has 0 saturated heterocycles. The molecule has 0 spiro atoms. The molecule has 0 amide bonds. The minimum absolute atomic E-state index is 0.213. The van der Waals surface area contributed by atoms with Gasteiger partial charge < -0.3 is 9.52 Å². The molecule has 0 aliphatic heterocycles. The van der Waals surface area contributed by atoms with Gasteiger partial charge in [0, 0.05) is 0 Å². The van der Waals surface area contributed by atoms with Crippen LogP contribution in [-0.2, 0) is 6.54 Å². The van der Waals surface area contributed by atoms with Crippen LogP contribution in [0.4, 0.5) is 0 Å². The summed E-state index contributed by atoms with van der Waals surface area (Å²) in [6.45, 7) is 3.73. The van der Waals surface area contributed by atoms with Crippen LogP contribution in [0.5, 0.6) is 0 Å². The molecule has 1 rings (SSSR count). The number of hydrogen-bond acceptors (Lipinski definition) is 3. The van der Waals surface area contributed by atoms with Gasteiger partial charge in [0.2, 0.25) is 0 Å². The predicted molar refractivity (Wildman–Crippen MR) is 52.3 cm³/mol. The number of nitrogens with zero attached hydrogens (tertiary/aromatic N) is 1.